The molecule has 90 valence electrons. The van der Waals surface area contributed by atoms with Crippen molar-refractivity contribution in [2.45, 2.75) is 6.18 Å². The maximum atomic E-state index is 12.6. The molecule has 5 nitrogen and oxygen atoms in total. The molecule has 2 N–H and O–H groups in total. The van der Waals surface area contributed by atoms with E-state index in [1.54, 1.807) is 5.10 Å². The molecule has 0 bridgehead atoms. The first-order valence-electron chi connectivity index (χ1n) is 4.15. The lowest BCUT2D eigenvalue weighted by molar-refractivity contribution is -0.139. The Labute approximate surface area is 96.2 Å². The average molecular weight is 266 g/mol. The van der Waals surface area contributed by atoms with Crippen LogP contribution in [0.3, 0.4) is 0 Å². The highest BCUT2D eigenvalue weighted by Crippen LogP contribution is 2.36. The number of nitrogens with one attached hydrogen (secondary N) is 1. The van der Waals surface area contributed by atoms with Crippen LogP contribution >= 0.6 is 11.6 Å². The van der Waals surface area contributed by atoms with E-state index < -0.39 is 33.9 Å². The highest BCUT2D eigenvalue weighted by Gasteiger charge is 2.36. The first-order chi connectivity index (χ1) is 7.82. The lowest BCUT2D eigenvalue weighted by Gasteiger charge is -2.05. The molecule has 9 heteroatoms. The third-order valence-corrected chi connectivity index (χ3v) is 2.39. The number of H-pyrrole nitrogens is 1. The summed E-state index contributed by atoms with van der Waals surface area (Å²) >= 11 is 5.59. The minimum absolute atomic E-state index is 0.146. The summed E-state index contributed by atoms with van der Waals surface area (Å²) in [6.07, 6.45) is -3.79. The molecule has 2 rings (SSSR count). The van der Waals surface area contributed by atoms with Crippen LogP contribution in [0.4, 0.5) is 13.2 Å². The first kappa shape index (κ1) is 11.6. The van der Waals surface area contributed by atoms with E-state index in [1.165, 1.54) is 0 Å². The lowest BCUT2D eigenvalue weighted by atomic mass is 10.2. The van der Waals surface area contributed by atoms with Crippen molar-refractivity contribution < 1.29 is 23.1 Å². The van der Waals surface area contributed by atoms with Crippen molar-refractivity contribution in [3.05, 3.63) is 22.6 Å². The van der Waals surface area contributed by atoms with Gasteiger partial charge in [0.15, 0.2) is 5.69 Å². The van der Waals surface area contributed by atoms with Gasteiger partial charge in [-0.25, -0.2) is 9.78 Å². The zero-order valence-corrected chi connectivity index (χ0v) is 8.60. The van der Waals surface area contributed by atoms with E-state index in [0.717, 1.165) is 6.20 Å². The number of aromatic nitrogens is 3. The molecule has 0 aliphatic carbocycles. The minimum Gasteiger partial charge on any atom is -0.476 e. The minimum atomic E-state index is -4.70. The molecular formula is C8H3ClF3N3O2. The number of aromatic amines is 1. The fraction of sp³-hybridized carbons (Fsp3) is 0.125. The SMILES string of the molecule is O=C(O)c1ncc2n[nH]c(C(F)(F)F)c2c1Cl. The molecule has 0 aliphatic rings. The quantitative estimate of drug-likeness (QED) is 0.829. The topological polar surface area (TPSA) is 78.9 Å². The largest absolute Gasteiger partial charge is 0.476 e. The molecule has 0 fully saturated rings. The summed E-state index contributed by atoms with van der Waals surface area (Å²) in [5.74, 6) is -1.51. The van der Waals surface area contributed by atoms with Crippen LogP contribution in [0.1, 0.15) is 16.2 Å². The van der Waals surface area contributed by atoms with Crippen LogP contribution in [-0.2, 0) is 6.18 Å². The molecule has 0 amide bonds. The van der Waals surface area contributed by atoms with Gasteiger partial charge in [0.05, 0.1) is 16.6 Å². The van der Waals surface area contributed by atoms with E-state index in [1.807, 2.05) is 0 Å². The van der Waals surface area contributed by atoms with Gasteiger partial charge in [0.1, 0.15) is 11.2 Å². The molecule has 0 radical (unpaired) electrons. The van der Waals surface area contributed by atoms with Gasteiger partial charge in [-0.2, -0.15) is 18.3 Å². The van der Waals surface area contributed by atoms with E-state index in [-0.39, 0.29) is 5.52 Å². The molecule has 0 unspecified atom stereocenters. The number of halogens is 4. The second-order valence-corrected chi connectivity index (χ2v) is 3.46. The van der Waals surface area contributed by atoms with Crippen LogP contribution in [0.25, 0.3) is 10.9 Å². The van der Waals surface area contributed by atoms with Crippen molar-refractivity contribution in [1.82, 2.24) is 15.2 Å². The number of rotatable bonds is 1. The third-order valence-electron chi connectivity index (χ3n) is 2.02. The molecule has 0 aliphatic heterocycles. The van der Waals surface area contributed by atoms with Crippen molar-refractivity contribution in [1.29, 1.82) is 0 Å². The van der Waals surface area contributed by atoms with E-state index in [0.29, 0.717) is 0 Å². The molecule has 0 spiro atoms. The van der Waals surface area contributed by atoms with E-state index in [4.69, 9.17) is 16.7 Å². The third kappa shape index (κ3) is 1.80. The van der Waals surface area contributed by atoms with Crippen LogP contribution in [0.2, 0.25) is 5.02 Å². The molecule has 0 saturated carbocycles. The maximum Gasteiger partial charge on any atom is 0.433 e. The van der Waals surface area contributed by atoms with Gasteiger partial charge >= 0.3 is 12.1 Å². The first-order valence-corrected chi connectivity index (χ1v) is 4.53. The number of aromatic carboxylic acids is 1. The predicted octanol–water partition coefficient (Wildman–Crippen LogP) is 2.33. The summed E-state index contributed by atoms with van der Waals surface area (Å²) in [5.41, 5.74) is -1.99. The lowest BCUT2D eigenvalue weighted by Crippen LogP contribution is -2.07. The fourth-order valence-electron chi connectivity index (χ4n) is 1.33. The molecule has 0 saturated heterocycles. The Morgan fingerprint density at radius 2 is 2.12 bits per heavy atom. The standard InChI is InChI=1S/C8H3ClF3N3O2/c9-4-3-2(1-13-5(4)7(16)17)14-15-6(3)8(10,11)12/h1H,(H,14,15)(H,16,17). The Bertz CT molecular complexity index is 608. The van der Waals surface area contributed by atoms with Gasteiger partial charge in [-0.15, -0.1) is 0 Å². The molecule has 0 aromatic carbocycles. The van der Waals surface area contributed by atoms with Crippen molar-refractivity contribution in [3.8, 4) is 0 Å². The number of hydrogen-bond donors (Lipinski definition) is 2. The van der Waals surface area contributed by atoms with Gasteiger partial charge in [-0.1, -0.05) is 11.6 Å². The van der Waals surface area contributed by atoms with Crippen molar-refractivity contribution in [2.75, 3.05) is 0 Å². The Kier molecular flexibility index (Phi) is 2.46. The van der Waals surface area contributed by atoms with Crippen LogP contribution in [0.15, 0.2) is 6.20 Å². The zero-order valence-electron chi connectivity index (χ0n) is 7.84. The molecular weight excluding hydrogens is 263 g/mol. The Morgan fingerprint density at radius 3 is 2.65 bits per heavy atom. The van der Waals surface area contributed by atoms with Gasteiger partial charge in [0.2, 0.25) is 0 Å². The second kappa shape index (κ2) is 3.59. The Balaban J connectivity index is 2.83. The van der Waals surface area contributed by atoms with Crippen molar-refractivity contribution in [2.24, 2.45) is 0 Å². The molecule has 2 aromatic heterocycles. The molecule has 2 aromatic rings. The molecule has 2 heterocycles. The zero-order chi connectivity index (χ0) is 12.8. The monoisotopic (exact) mass is 265 g/mol. The van der Waals surface area contributed by atoms with Crippen LogP contribution in [-0.4, -0.2) is 26.3 Å². The fourth-order valence-corrected chi connectivity index (χ4v) is 1.65. The van der Waals surface area contributed by atoms with Crippen LogP contribution < -0.4 is 0 Å². The van der Waals surface area contributed by atoms with E-state index in [2.05, 4.69) is 10.1 Å². The van der Waals surface area contributed by atoms with Crippen LogP contribution in [0, 0.1) is 0 Å². The summed E-state index contributed by atoms with van der Waals surface area (Å²) in [5, 5.41) is 12.7. The number of nitrogens with zero attached hydrogens (tertiary/aromatic N) is 2. The predicted molar refractivity (Wildman–Crippen MR) is 50.9 cm³/mol. The summed E-state index contributed by atoms with van der Waals surface area (Å²) in [4.78, 5) is 14.1. The van der Waals surface area contributed by atoms with E-state index >= 15 is 0 Å². The summed E-state index contributed by atoms with van der Waals surface area (Å²) in [6.45, 7) is 0. The van der Waals surface area contributed by atoms with Gasteiger partial charge in [0.25, 0.3) is 0 Å². The second-order valence-electron chi connectivity index (χ2n) is 3.08. The molecule has 0 atom stereocenters. The normalized spacial score (nSPS) is 12.0. The number of carbonyl (C=O) groups is 1. The summed E-state index contributed by atoms with van der Waals surface area (Å²) in [6, 6.07) is 0. The smallest absolute Gasteiger partial charge is 0.433 e. The van der Waals surface area contributed by atoms with E-state index in [9.17, 15) is 18.0 Å². The van der Waals surface area contributed by atoms with Gasteiger partial charge in [-0.3, -0.25) is 5.10 Å². The van der Waals surface area contributed by atoms with Crippen LogP contribution in [0.5, 0.6) is 0 Å². The molecule has 17 heavy (non-hydrogen) atoms. The summed E-state index contributed by atoms with van der Waals surface area (Å²) < 4.78 is 37.7. The number of hydrogen-bond acceptors (Lipinski definition) is 3. The number of fused-ring (bicyclic) bond motifs is 1. The Morgan fingerprint density at radius 1 is 1.47 bits per heavy atom. The van der Waals surface area contributed by atoms with Crippen molar-refractivity contribution in [3.63, 3.8) is 0 Å². The number of carboxylic acid groups (broad SMARTS) is 1. The van der Waals surface area contributed by atoms with Gasteiger partial charge < -0.3 is 5.11 Å². The highest BCUT2D eigenvalue weighted by molar-refractivity contribution is 6.38. The number of carboxylic acids is 1. The van der Waals surface area contributed by atoms with Gasteiger partial charge in [-0.05, 0) is 0 Å². The van der Waals surface area contributed by atoms with Gasteiger partial charge in [0, 0.05) is 0 Å². The Hall–Kier alpha value is -1.83. The number of alkyl halides is 3. The van der Waals surface area contributed by atoms with Crippen molar-refractivity contribution >= 4 is 28.5 Å². The average Bonchev–Trinajstić information content (AvgIpc) is 2.61. The summed E-state index contributed by atoms with van der Waals surface area (Å²) in [7, 11) is 0. The highest BCUT2D eigenvalue weighted by atomic mass is 35.5. The maximum absolute atomic E-state index is 12.6. The number of pyridine rings is 1.